The summed E-state index contributed by atoms with van der Waals surface area (Å²) in [6, 6.07) is 10.1. The molecule has 9 nitrogen and oxygen atoms in total. The first kappa shape index (κ1) is 22.6. The summed E-state index contributed by atoms with van der Waals surface area (Å²) in [6.07, 6.45) is 1.77. The summed E-state index contributed by atoms with van der Waals surface area (Å²) in [5, 5.41) is 18.6. The molecule has 0 aliphatic rings. The third kappa shape index (κ3) is 5.93. The Hall–Kier alpha value is -3.64. The highest BCUT2D eigenvalue weighted by molar-refractivity contribution is 5.94. The number of hydrogen-bond donors (Lipinski definition) is 2. The molecule has 1 heterocycles. The van der Waals surface area contributed by atoms with Crippen molar-refractivity contribution in [2.45, 2.75) is 26.3 Å². The summed E-state index contributed by atoms with van der Waals surface area (Å²) in [5.74, 6) is -0.234. The van der Waals surface area contributed by atoms with Gasteiger partial charge in [-0.25, -0.2) is 9.78 Å². The Labute approximate surface area is 174 Å². The molecule has 0 saturated heterocycles. The van der Waals surface area contributed by atoms with Gasteiger partial charge in [-0.2, -0.15) is 5.26 Å². The molecular weight excluding hydrogens is 388 g/mol. The summed E-state index contributed by atoms with van der Waals surface area (Å²) in [6.45, 7) is 2.95. The number of pyridine rings is 1. The van der Waals surface area contributed by atoms with Crippen LogP contribution in [0.15, 0.2) is 36.5 Å². The Balaban J connectivity index is 2.12. The zero-order chi connectivity index (χ0) is 22.1. The lowest BCUT2D eigenvalue weighted by Gasteiger charge is -2.28. The van der Waals surface area contributed by atoms with E-state index < -0.39 is 18.5 Å². The van der Waals surface area contributed by atoms with Gasteiger partial charge in [-0.05, 0) is 38.0 Å². The van der Waals surface area contributed by atoms with Gasteiger partial charge in [0.1, 0.15) is 24.2 Å². The molecule has 0 aliphatic carbocycles. The third-order valence-corrected chi connectivity index (χ3v) is 4.25. The summed E-state index contributed by atoms with van der Waals surface area (Å²) >= 11 is 0. The molecule has 158 valence electrons. The third-order valence-electron chi connectivity index (χ3n) is 4.25. The van der Waals surface area contributed by atoms with E-state index in [9.17, 15) is 20.0 Å². The van der Waals surface area contributed by atoms with Crippen molar-refractivity contribution in [1.82, 2.24) is 4.98 Å². The van der Waals surface area contributed by atoms with Crippen molar-refractivity contribution in [3.63, 3.8) is 0 Å². The Morgan fingerprint density at radius 1 is 1.33 bits per heavy atom. The summed E-state index contributed by atoms with van der Waals surface area (Å²) in [5.41, 5.74) is 7.02. The fraction of sp³-hybridized carbons (Fsp3) is 0.333. The maximum absolute atomic E-state index is 12.3. The van der Waals surface area contributed by atoms with Crippen LogP contribution >= 0.6 is 0 Å². The normalized spacial score (nSPS) is 11.3. The number of ether oxygens (including phenoxy) is 2. The minimum absolute atomic E-state index is 0.174. The molecule has 1 aromatic carbocycles. The molecule has 1 aromatic heterocycles. The van der Waals surface area contributed by atoms with Gasteiger partial charge >= 0.3 is 5.97 Å². The molecule has 0 radical (unpaired) electrons. The van der Waals surface area contributed by atoms with Gasteiger partial charge in [0.15, 0.2) is 6.61 Å². The van der Waals surface area contributed by atoms with Crippen molar-refractivity contribution in [2.24, 2.45) is 0 Å². The van der Waals surface area contributed by atoms with Gasteiger partial charge < -0.3 is 20.3 Å². The van der Waals surface area contributed by atoms with Crippen molar-refractivity contribution in [3.05, 3.63) is 47.7 Å². The molecule has 3 N–H and O–H groups in total. The topological polar surface area (TPSA) is 139 Å². The van der Waals surface area contributed by atoms with E-state index in [1.54, 1.807) is 19.1 Å². The van der Waals surface area contributed by atoms with Crippen LogP contribution in [0.25, 0.3) is 0 Å². The highest BCUT2D eigenvalue weighted by Gasteiger charge is 2.23. The zero-order valence-electron chi connectivity index (χ0n) is 16.9. The van der Waals surface area contributed by atoms with Crippen LogP contribution in [0.4, 0.5) is 11.5 Å². The standard InChI is InChI=1S/C21H24N4O5/c1-3-29-21(28)13-30-17-6-4-15(5-7-17)8-14(2)25(20(27)12-26)19-9-16(10-22)18(23)11-24-19/h4-7,9,11,14,26H,3,8,12-13,23H2,1-2H3. The number of amides is 1. The molecule has 0 bridgehead atoms. The average Bonchev–Trinajstić information content (AvgIpc) is 2.74. The van der Waals surface area contributed by atoms with Crippen LogP contribution in [0.2, 0.25) is 0 Å². The van der Waals surface area contributed by atoms with Crippen LogP contribution < -0.4 is 15.4 Å². The molecule has 2 rings (SSSR count). The van der Waals surface area contributed by atoms with Gasteiger partial charge in [0, 0.05) is 12.1 Å². The van der Waals surface area contributed by atoms with Crippen LogP contribution in [0.5, 0.6) is 5.75 Å². The van der Waals surface area contributed by atoms with Crippen molar-refractivity contribution in [3.8, 4) is 11.8 Å². The number of benzene rings is 1. The molecule has 9 heteroatoms. The van der Waals surface area contributed by atoms with Crippen LogP contribution in [0.3, 0.4) is 0 Å². The number of nitrogens with zero attached hydrogens (tertiary/aromatic N) is 3. The number of hydrogen-bond acceptors (Lipinski definition) is 8. The molecule has 0 saturated carbocycles. The maximum Gasteiger partial charge on any atom is 0.344 e. The number of nitrogen functional groups attached to an aromatic ring is 1. The van der Waals surface area contributed by atoms with E-state index in [-0.39, 0.29) is 29.7 Å². The van der Waals surface area contributed by atoms with Crippen LogP contribution in [-0.2, 0) is 20.7 Å². The quantitative estimate of drug-likeness (QED) is 0.590. The number of carbonyl (C=O) groups excluding carboxylic acids is 2. The van der Waals surface area contributed by atoms with E-state index >= 15 is 0 Å². The van der Waals surface area contributed by atoms with E-state index in [1.165, 1.54) is 17.2 Å². The molecule has 30 heavy (non-hydrogen) atoms. The maximum atomic E-state index is 12.3. The number of rotatable bonds is 9. The Kier molecular flexibility index (Phi) is 8.14. The molecule has 2 aromatic rings. The number of nitrogens with two attached hydrogens (primary N) is 1. The number of aromatic nitrogens is 1. The fourth-order valence-corrected chi connectivity index (χ4v) is 2.86. The van der Waals surface area contributed by atoms with Crippen LogP contribution in [0, 0.1) is 11.3 Å². The summed E-state index contributed by atoms with van der Waals surface area (Å²) in [7, 11) is 0. The lowest BCUT2D eigenvalue weighted by molar-refractivity contribution is -0.145. The first-order chi connectivity index (χ1) is 14.4. The lowest BCUT2D eigenvalue weighted by atomic mass is 10.1. The highest BCUT2D eigenvalue weighted by atomic mass is 16.6. The number of carbonyl (C=O) groups is 2. The van der Waals surface area contributed by atoms with Crippen molar-refractivity contribution in [1.29, 1.82) is 5.26 Å². The molecule has 1 amide bonds. The summed E-state index contributed by atoms with van der Waals surface area (Å²) < 4.78 is 10.2. The second-order valence-electron chi connectivity index (χ2n) is 6.45. The Morgan fingerprint density at radius 3 is 2.63 bits per heavy atom. The Morgan fingerprint density at radius 2 is 2.03 bits per heavy atom. The van der Waals surface area contributed by atoms with Gasteiger partial charge in [-0.1, -0.05) is 12.1 Å². The van der Waals surface area contributed by atoms with E-state index in [4.69, 9.17) is 15.2 Å². The molecule has 1 atom stereocenters. The molecular formula is C21H24N4O5. The van der Waals surface area contributed by atoms with Gasteiger partial charge in [0.05, 0.1) is 24.1 Å². The van der Waals surface area contributed by atoms with Gasteiger partial charge in [-0.3, -0.25) is 9.69 Å². The number of aliphatic hydroxyl groups is 1. The minimum Gasteiger partial charge on any atom is -0.482 e. The molecule has 1 unspecified atom stereocenters. The highest BCUT2D eigenvalue weighted by Crippen LogP contribution is 2.22. The van der Waals surface area contributed by atoms with Crippen LogP contribution in [0.1, 0.15) is 25.0 Å². The smallest absolute Gasteiger partial charge is 0.344 e. The van der Waals surface area contributed by atoms with E-state index in [1.807, 2.05) is 25.1 Å². The second-order valence-corrected chi connectivity index (χ2v) is 6.45. The minimum atomic E-state index is -0.696. The first-order valence-corrected chi connectivity index (χ1v) is 9.35. The first-order valence-electron chi connectivity index (χ1n) is 9.35. The lowest BCUT2D eigenvalue weighted by Crippen LogP contribution is -2.42. The van der Waals surface area contributed by atoms with E-state index in [2.05, 4.69) is 4.98 Å². The van der Waals surface area contributed by atoms with Gasteiger partial charge in [-0.15, -0.1) is 0 Å². The zero-order valence-corrected chi connectivity index (χ0v) is 16.9. The summed E-state index contributed by atoms with van der Waals surface area (Å²) in [4.78, 5) is 29.2. The Bertz CT molecular complexity index is 924. The second kappa shape index (κ2) is 10.8. The number of nitriles is 1. The average molecular weight is 412 g/mol. The number of esters is 1. The number of aliphatic hydroxyl groups excluding tert-OH is 1. The van der Waals surface area contributed by atoms with Crippen molar-refractivity contribution >= 4 is 23.4 Å². The molecule has 0 fully saturated rings. The monoisotopic (exact) mass is 412 g/mol. The van der Waals surface area contributed by atoms with Crippen molar-refractivity contribution in [2.75, 3.05) is 30.5 Å². The SMILES string of the molecule is CCOC(=O)COc1ccc(CC(C)N(C(=O)CO)c2cc(C#N)c(N)cn2)cc1. The molecule has 0 spiro atoms. The van der Waals surface area contributed by atoms with E-state index in [0.717, 1.165) is 5.56 Å². The predicted octanol–water partition coefficient (Wildman–Crippen LogP) is 1.43. The van der Waals surface area contributed by atoms with Gasteiger partial charge in [0.2, 0.25) is 0 Å². The molecule has 0 aliphatic heterocycles. The van der Waals surface area contributed by atoms with Crippen LogP contribution in [-0.4, -0.2) is 47.8 Å². The van der Waals surface area contributed by atoms with E-state index in [0.29, 0.717) is 18.8 Å². The fourth-order valence-electron chi connectivity index (χ4n) is 2.86. The van der Waals surface area contributed by atoms with Crippen molar-refractivity contribution < 1.29 is 24.2 Å². The van der Waals surface area contributed by atoms with Gasteiger partial charge in [0.25, 0.3) is 5.91 Å². The predicted molar refractivity (Wildman–Crippen MR) is 110 cm³/mol. The number of anilines is 2. The largest absolute Gasteiger partial charge is 0.482 e.